The molecule has 1 aromatic heterocycles. The number of nitrogens with one attached hydrogen (secondary N) is 1. The maximum Gasteiger partial charge on any atom is 0.349 e. The van der Waals surface area contributed by atoms with Crippen molar-refractivity contribution in [1.29, 1.82) is 0 Å². The van der Waals surface area contributed by atoms with Crippen LogP contribution in [0.25, 0.3) is 0 Å². The highest BCUT2D eigenvalue weighted by Gasteiger charge is 2.41. The van der Waals surface area contributed by atoms with E-state index in [0.717, 1.165) is 11.1 Å². The summed E-state index contributed by atoms with van der Waals surface area (Å²) in [6.45, 7) is 3.62. The minimum Gasteiger partial charge on any atom is -0.480 e. The van der Waals surface area contributed by atoms with Crippen LogP contribution in [0.2, 0.25) is 0 Å². The quantitative estimate of drug-likeness (QED) is 0.425. The molecule has 2 N–H and O–H groups in total. The number of carboxylic acid groups (broad SMARTS) is 1. The summed E-state index contributed by atoms with van der Waals surface area (Å²) in [6, 6.07) is 15.1. The molecule has 0 saturated carbocycles. The minimum atomic E-state index is -2.17. The Bertz CT molecular complexity index is 1240. The van der Waals surface area contributed by atoms with E-state index >= 15 is 0 Å². The largest absolute Gasteiger partial charge is 0.480 e. The van der Waals surface area contributed by atoms with Gasteiger partial charge in [0.1, 0.15) is 0 Å². The van der Waals surface area contributed by atoms with Crippen LogP contribution in [0.15, 0.2) is 60.7 Å². The number of carbonyl (C=O) groups excluding carboxylic acids is 3. The number of aryl methyl sites for hydroxylation is 2. The van der Waals surface area contributed by atoms with E-state index in [1.54, 1.807) is 24.3 Å². The van der Waals surface area contributed by atoms with Crippen molar-refractivity contribution in [2.24, 2.45) is 0 Å². The van der Waals surface area contributed by atoms with E-state index in [4.69, 9.17) is 14.2 Å². The van der Waals surface area contributed by atoms with Crippen LogP contribution in [0.1, 0.15) is 31.8 Å². The lowest BCUT2D eigenvalue weighted by atomic mass is 10.1. The Morgan fingerprint density at radius 1 is 0.750 bits per heavy atom. The van der Waals surface area contributed by atoms with E-state index in [1.165, 1.54) is 43.5 Å². The maximum absolute atomic E-state index is 13.1. The molecule has 0 radical (unpaired) electrons. The topological polar surface area (TPSA) is 154 Å². The molecule has 0 saturated heterocycles. The molecule has 3 aromatic rings. The third-order valence-electron chi connectivity index (χ3n) is 4.92. The molecule has 1 heterocycles. The highest BCUT2D eigenvalue weighted by molar-refractivity contribution is 6.01. The molecule has 0 aliphatic carbocycles. The summed E-state index contributed by atoms with van der Waals surface area (Å²) >= 11 is 0. The van der Waals surface area contributed by atoms with Gasteiger partial charge in [0, 0.05) is 6.07 Å². The van der Waals surface area contributed by atoms with Gasteiger partial charge in [-0.1, -0.05) is 35.4 Å². The van der Waals surface area contributed by atoms with Crippen LogP contribution < -0.4 is 10.1 Å². The molecule has 0 unspecified atom stereocenters. The van der Waals surface area contributed by atoms with Gasteiger partial charge in [-0.05, 0) is 44.2 Å². The molecule has 36 heavy (non-hydrogen) atoms. The average molecular weight is 493 g/mol. The van der Waals surface area contributed by atoms with Crippen LogP contribution in [-0.4, -0.2) is 58.4 Å². The Hall–Kier alpha value is -4.80. The number of esters is 2. The van der Waals surface area contributed by atoms with Crippen molar-refractivity contribution in [1.82, 2.24) is 10.2 Å². The third-order valence-corrected chi connectivity index (χ3v) is 4.92. The lowest BCUT2D eigenvalue weighted by Crippen LogP contribution is -2.48. The van der Waals surface area contributed by atoms with Crippen LogP contribution in [0.3, 0.4) is 0 Å². The molecule has 0 fully saturated rings. The Balaban J connectivity index is 1.89. The molecule has 0 aliphatic rings. The van der Waals surface area contributed by atoms with E-state index in [0.29, 0.717) is 0 Å². The predicted molar refractivity (Wildman–Crippen MR) is 126 cm³/mol. The molecule has 186 valence electrons. The minimum absolute atomic E-state index is 0.0527. The molecule has 1 amide bonds. The van der Waals surface area contributed by atoms with Gasteiger partial charge >= 0.3 is 17.9 Å². The number of hydrogen-bond acceptors (Lipinski definition) is 9. The SMILES string of the molecule is COc1ccc(NC(=O)[C@H](OC(=O)c2ccc(C)cc2)[C@@H](OC(=O)c2ccc(C)cc2)C(=O)O)nn1. The first-order chi connectivity index (χ1) is 17.2. The molecule has 2 aromatic carbocycles. The zero-order chi connectivity index (χ0) is 26.2. The molecule has 0 aliphatic heterocycles. The molecule has 3 rings (SSSR count). The highest BCUT2D eigenvalue weighted by Crippen LogP contribution is 2.16. The number of carboxylic acids is 1. The van der Waals surface area contributed by atoms with Gasteiger partial charge in [0.15, 0.2) is 5.82 Å². The van der Waals surface area contributed by atoms with Crippen molar-refractivity contribution in [3.05, 3.63) is 82.9 Å². The highest BCUT2D eigenvalue weighted by atomic mass is 16.6. The summed E-state index contributed by atoms with van der Waals surface area (Å²) < 4.78 is 15.3. The van der Waals surface area contributed by atoms with E-state index in [9.17, 15) is 24.3 Å². The fourth-order valence-corrected chi connectivity index (χ4v) is 2.93. The van der Waals surface area contributed by atoms with Crippen LogP contribution >= 0.6 is 0 Å². The molecule has 0 bridgehead atoms. The molecule has 11 heteroatoms. The van der Waals surface area contributed by atoms with Crippen LogP contribution in [0.5, 0.6) is 5.88 Å². The zero-order valence-electron chi connectivity index (χ0n) is 19.6. The maximum atomic E-state index is 13.1. The number of anilines is 1. The summed E-state index contributed by atoms with van der Waals surface area (Å²) in [5, 5.41) is 19.6. The molecular formula is C25H23N3O8. The normalized spacial score (nSPS) is 12.1. The number of amides is 1. The number of hydrogen-bond donors (Lipinski definition) is 2. The fourth-order valence-electron chi connectivity index (χ4n) is 2.93. The van der Waals surface area contributed by atoms with Crippen molar-refractivity contribution in [3.8, 4) is 5.88 Å². The summed E-state index contributed by atoms with van der Waals surface area (Å²) in [7, 11) is 1.38. The average Bonchev–Trinajstić information content (AvgIpc) is 2.87. The summed E-state index contributed by atoms with van der Waals surface area (Å²) in [5.41, 5.74) is 1.86. The molecule has 2 atom stereocenters. The summed E-state index contributed by atoms with van der Waals surface area (Å²) in [5.74, 6) is -4.71. The predicted octanol–water partition coefficient (Wildman–Crippen LogP) is 2.58. The van der Waals surface area contributed by atoms with Gasteiger partial charge in [-0.3, -0.25) is 4.79 Å². The number of nitrogens with zero attached hydrogens (tertiary/aromatic N) is 2. The van der Waals surface area contributed by atoms with E-state index < -0.39 is 36.0 Å². The number of ether oxygens (including phenoxy) is 3. The first-order valence-corrected chi connectivity index (χ1v) is 10.6. The molecular weight excluding hydrogens is 470 g/mol. The van der Waals surface area contributed by atoms with Crippen molar-refractivity contribution in [3.63, 3.8) is 0 Å². The number of benzene rings is 2. The first-order valence-electron chi connectivity index (χ1n) is 10.6. The Labute approximate surface area is 206 Å². The lowest BCUT2D eigenvalue weighted by Gasteiger charge is -2.23. The Morgan fingerprint density at radius 2 is 1.25 bits per heavy atom. The van der Waals surface area contributed by atoms with Gasteiger partial charge in [0.25, 0.3) is 5.91 Å². The van der Waals surface area contributed by atoms with Crippen molar-refractivity contribution in [2.75, 3.05) is 12.4 Å². The Kier molecular flexibility index (Phi) is 8.29. The molecule has 0 spiro atoms. The number of rotatable bonds is 9. The third kappa shape index (κ3) is 6.63. The first kappa shape index (κ1) is 25.8. The van der Waals surface area contributed by atoms with Crippen molar-refractivity contribution < 1.29 is 38.5 Å². The van der Waals surface area contributed by atoms with E-state index in [-0.39, 0.29) is 22.8 Å². The molecule has 11 nitrogen and oxygen atoms in total. The number of aliphatic carboxylic acids is 1. The number of methoxy groups -OCH3 is 1. The second kappa shape index (κ2) is 11.6. The van der Waals surface area contributed by atoms with Crippen molar-refractivity contribution >= 4 is 29.6 Å². The van der Waals surface area contributed by atoms with Crippen LogP contribution in [-0.2, 0) is 19.1 Å². The lowest BCUT2D eigenvalue weighted by molar-refractivity contribution is -0.157. The van der Waals surface area contributed by atoms with Gasteiger partial charge in [0.05, 0.1) is 18.2 Å². The van der Waals surface area contributed by atoms with E-state index in [1.807, 2.05) is 13.8 Å². The number of aromatic nitrogens is 2. The van der Waals surface area contributed by atoms with Gasteiger partial charge in [-0.15, -0.1) is 10.2 Å². The summed E-state index contributed by atoms with van der Waals surface area (Å²) in [4.78, 5) is 50.5. The van der Waals surface area contributed by atoms with Gasteiger partial charge in [-0.2, -0.15) is 0 Å². The van der Waals surface area contributed by atoms with Gasteiger partial charge in [-0.25, -0.2) is 14.4 Å². The number of carbonyl (C=O) groups is 4. The van der Waals surface area contributed by atoms with Crippen LogP contribution in [0.4, 0.5) is 5.82 Å². The second-order valence-corrected chi connectivity index (χ2v) is 7.67. The van der Waals surface area contributed by atoms with Gasteiger partial charge < -0.3 is 24.6 Å². The smallest absolute Gasteiger partial charge is 0.349 e. The second-order valence-electron chi connectivity index (χ2n) is 7.67. The van der Waals surface area contributed by atoms with Crippen LogP contribution in [0, 0.1) is 13.8 Å². The standard InChI is InChI=1S/C25H23N3O8/c1-14-4-8-16(9-5-14)24(32)35-20(22(29)26-18-12-13-19(34-3)28-27-18)21(23(30)31)36-25(33)17-10-6-15(2)7-11-17/h4-13,20-21H,1-3H3,(H,30,31)(H,26,27,29)/t20-,21-/m1/s1. The van der Waals surface area contributed by atoms with Crippen molar-refractivity contribution in [2.45, 2.75) is 26.1 Å². The monoisotopic (exact) mass is 493 g/mol. The van der Waals surface area contributed by atoms with Gasteiger partial charge in [0.2, 0.25) is 18.1 Å². The summed E-state index contributed by atoms with van der Waals surface area (Å²) in [6.07, 6.45) is -4.23. The van der Waals surface area contributed by atoms with E-state index in [2.05, 4.69) is 15.5 Å². The Morgan fingerprint density at radius 3 is 1.67 bits per heavy atom. The fraction of sp³-hybridized carbons (Fsp3) is 0.200. The zero-order valence-corrected chi connectivity index (χ0v) is 19.6.